The van der Waals surface area contributed by atoms with E-state index in [1.807, 2.05) is 6.07 Å². The number of allylic oxidation sites excluding steroid dienone is 2. The molecule has 0 aliphatic heterocycles. The van der Waals surface area contributed by atoms with Gasteiger partial charge in [0.15, 0.2) is 16.6 Å². The van der Waals surface area contributed by atoms with Crippen molar-refractivity contribution in [3.05, 3.63) is 57.3 Å². The molecule has 0 aliphatic carbocycles. The Kier molecular flexibility index (Phi) is 10.8. The molecule has 1 aromatic carbocycles. The molecule has 0 N–H and O–H groups in total. The van der Waals surface area contributed by atoms with Crippen molar-refractivity contribution >= 4 is 39.8 Å². The van der Waals surface area contributed by atoms with Gasteiger partial charge in [0, 0.05) is 9.75 Å². The second-order valence-electron chi connectivity index (χ2n) is 12.8. The summed E-state index contributed by atoms with van der Waals surface area (Å²) in [6, 6.07) is 10.4. The molecule has 1 heterocycles. The van der Waals surface area contributed by atoms with Crippen molar-refractivity contribution in [3.63, 3.8) is 0 Å². The van der Waals surface area contributed by atoms with Crippen molar-refractivity contribution in [1.82, 2.24) is 0 Å². The van der Waals surface area contributed by atoms with Gasteiger partial charge in [0.1, 0.15) is 18.6 Å². The van der Waals surface area contributed by atoms with E-state index in [-0.39, 0.29) is 10.1 Å². The lowest BCUT2D eigenvalue weighted by Gasteiger charge is -2.37. The highest BCUT2D eigenvalue weighted by Crippen LogP contribution is 2.39. The SMILES string of the molecule is CCC(=CC=O)c1ccc(COc2ccc(CO[Si](C)(C)C(C)(C)C)c(CO[Si](C)(C)C(C)(C)C)c2)s1. The lowest BCUT2D eigenvalue weighted by atomic mass is 10.1. The summed E-state index contributed by atoms with van der Waals surface area (Å²) in [5.74, 6) is 0.832. The molecule has 0 fully saturated rings. The fourth-order valence-corrected chi connectivity index (χ4v) is 6.07. The van der Waals surface area contributed by atoms with Crippen LogP contribution in [-0.4, -0.2) is 22.9 Å². The molecule has 2 rings (SSSR count). The van der Waals surface area contributed by atoms with E-state index < -0.39 is 16.6 Å². The zero-order valence-corrected chi connectivity index (χ0v) is 27.7. The number of ether oxygens (including phenoxy) is 1. The van der Waals surface area contributed by atoms with Crippen LogP contribution in [0.4, 0.5) is 0 Å². The molecule has 0 saturated heterocycles. The van der Waals surface area contributed by atoms with Crippen LogP contribution in [0, 0.1) is 0 Å². The minimum absolute atomic E-state index is 0.144. The van der Waals surface area contributed by atoms with Crippen molar-refractivity contribution in [3.8, 4) is 5.75 Å². The molecule has 7 heteroatoms. The first-order chi connectivity index (χ1) is 17.0. The van der Waals surface area contributed by atoms with Crippen molar-refractivity contribution in [1.29, 1.82) is 0 Å². The summed E-state index contributed by atoms with van der Waals surface area (Å²) in [5, 5.41) is 0.303. The third-order valence-corrected chi connectivity index (χ3v) is 18.1. The predicted molar refractivity (Wildman–Crippen MR) is 163 cm³/mol. The summed E-state index contributed by atoms with van der Waals surface area (Å²) >= 11 is 1.67. The predicted octanol–water partition coefficient (Wildman–Crippen LogP) is 9.36. The van der Waals surface area contributed by atoms with Gasteiger partial charge in [0.2, 0.25) is 0 Å². The Bertz CT molecular complexity index is 1070. The molecule has 37 heavy (non-hydrogen) atoms. The Morgan fingerprint density at radius 3 is 1.92 bits per heavy atom. The fourth-order valence-electron chi connectivity index (χ4n) is 3.16. The van der Waals surface area contributed by atoms with Crippen LogP contribution < -0.4 is 4.74 Å². The van der Waals surface area contributed by atoms with E-state index in [9.17, 15) is 4.79 Å². The van der Waals surface area contributed by atoms with Gasteiger partial charge >= 0.3 is 0 Å². The van der Waals surface area contributed by atoms with Crippen molar-refractivity contribution in [2.75, 3.05) is 0 Å². The number of aldehydes is 1. The molecular weight excluding hydrogens is 513 g/mol. The van der Waals surface area contributed by atoms with E-state index in [1.165, 1.54) is 5.56 Å². The number of hydrogen-bond donors (Lipinski definition) is 0. The van der Waals surface area contributed by atoms with Crippen molar-refractivity contribution < 1.29 is 18.4 Å². The Morgan fingerprint density at radius 1 is 0.838 bits per heavy atom. The van der Waals surface area contributed by atoms with Crippen LogP contribution >= 0.6 is 11.3 Å². The fraction of sp³-hybridized carbons (Fsp3) is 0.567. The van der Waals surface area contributed by atoms with Crippen molar-refractivity contribution in [2.45, 2.75) is 111 Å². The Balaban J connectivity index is 2.24. The number of carbonyl (C=O) groups excluding carboxylic acids is 1. The van der Waals surface area contributed by atoms with E-state index in [1.54, 1.807) is 17.4 Å². The van der Waals surface area contributed by atoms with E-state index in [0.717, 1.165) is 39.3 Å². The molecule has 0 atom stereocenters. The molecule has 0 bridgehead atoms. The third kappa shape index (κ3) is 8.75. The second kappa shape index (κ2) is 12.6. The van der Waals surface area contributed by atoms with Crippen LogP contribution in [0.1, 0.15) is 75.8 Å². The van der Waals surface area contributed by atoms with Gasteiger partial charge in [-0.15, -0.1) is 11.3 Å². The minimum atomic E-state index is -1.91. The zero-order chi connectivity index (χ0) is 28.1. The molecular formula is C30H48O4SSi2. The molecule has 2 aromatic rings. The summed E-state index contributed by atoms with van der Waals surface area (Å²) in [4.78, 5) is 13.2. The third-order valence-electron chi connectivity index (χ3n) is 7.98. The van der Waals surface area contributed by atoms with E-state index in [2.05, 4.69) is 98.9 Å². The Hall–Kier alpha value is -1.52. The van der Waals surface area contributed by atoms with Gasteiger partial charge in [0.25, 0.3) is 0 Å². The standard InChI is InChI=1S/C30H48O4SSi2/c1-12-23(17-18-31)28-16-15-27(35-28)22-32-26-14-13-24(20-33-36(8,9)29(2,3)4)25(19-26)21-34-37(10,11)30(5,6)7/h13-19H,12,20-22H2,1-11H3. The molecule has 1 aromatic heterocycles. The van der Waals surface area contributed by atoms with Gasteiger partial charge in [-0.3, -0.25) is 4.79 Å². The van der Waals surface area contributed by atoms with Gasteiger partial charge in [0.05, 0.1) is 13.2 Å². The van der Waals surface area contributed by atoms with Gasteiger partial charge < -0.3 is 13.6 Å². The maximum absolute atomic E-state index is 10.9. The molecule has 0 radical (unpaired) electrons. The molecule has 0 saturated carbocycles. The smallest absolute Gasteiger partial charge is 0.192 e. The number of thiophene rings is 1. The summed E-state index contributed by atoms with van der Waals surface area (Å²) in [6.07, 6.45) is 3.34. The number of hydrogen-bond acceptors (Lipinski definition) is 5. The highest BCUT2D eigenvalue weighted by atomic mass is 32.1. The van der Waals surface area contributed by atoms with E-state index >= 15 is 0 Å². The lowest BCUT2D eigenvalue weighted by Crippen LogP contribution is -2.41. The Labute approximate surface area is 231 Å². The van der Waals surface area contributed by atoms with Gasteiger partial charge in [-0.05, 0) is 89.7 Å². The highest BCUT2D eigenvalue weighted by Gasteiger charge is 2.38. The maximum Gasteiger partial charge on any atom is 0.192 e. The molecule has 0 amide bonds. The summed E-state index contributed by atoms with van der Waals surface area (Å²) < 4.78 is 19.4. The zero-order valence-electron chi connectivity index (χ0n) is 24.9. The molecule has 0 unspecified atom stereocenters. The topological polar surface area (TPSA) is 44.8 Å². The lowest BCUT2D eigenvalue weighted by molar-refractivity contribution is -0.104. The molecule has 206 valence electrons. The van der Waals surface area contributed by atoms with Crippen LogP contribution in [0.25, 0.3) is 5.57 Å². The van der Waals surface area contributed by atoms with Crippen LogP contribution in [0.3, 0.4) is 0 Å². The summed E-state index contributed by atoms with van der Waals surface area (Å²) in [6.45, 7) is 26.5. The summed E-state index contributed by atoms with van der Waals surface area (Å²) in [7, 11) is -3.79. The number of rotatable bonds is 12. The van der Waals surface area contributed by atoms with Gasteiger partial charge in [-0.1, -0.05) is 54.5 Å². The Morgan fingerprint density at radius 2 is 1.41 bits per heavy atom. The maximum atomic E-state index is 10.9. The average Bonchev–Trinajstić information content (AvgIpc) is 3.26. The number of benzene rings is 1. The molecule has 4 nitrogen and oxygen atoms in total. The summed E-state index contributed by atoms with van der Waals surface area (Å²) in [5.41, 5.74) is 3.36. The first-order valence-electron chi connectivity index (χ1n) is 13.3. The average molecular weight is 561 g/mol. The highest BCUT2D eigenvalue weighted by molar-refractivity contribution is 7.13. The van der Waals surface area contributed by atoms with Crippen LogP contribution in [0.5, 0.6) is 5.75 Å². The van der Waals surface area contributed by atoms with E-state index in [0.29, 0.717) is 19.8 Å². The molecule has 0 aliphatic rings. The largest absolute Gasteiger partial charge is 0.488 e. The second-order valence-corrected chi connectivity index (χ2v) is 23.6. The quantitative estimate of drug-likeness (QED) is 0.147. The monoisotopic (exact) mass is 560 g/mol. The molecule has 0 spiro atoms. The normalized spacial score (nSPS) is 13.6. The first kappa shape index (κ1) is 31.7. The van der Waals surface area contributed by atoms with Crippen LogP contribution in [0.15, 0.2) is 36.4 Å². The van der Waals surface area contributed by atoms with Crippen LogP contribution in [-0.2, 0) is 33.5 Å². The van der Waals surface area contributed by atoms with Crippen LogP contribution in [0.2, 0.25) is 36.3 Å². The van der Waals surface area contributed by atoms with E-state index in [4.69, 9.17) is 13.6 Å². The van der Waals surface area contributed by atoms with Gasteiger partial charge in [-0.2, -0.15) is 0 Å². The first-order valence-corrected chi connectivity index (χ1v) is 19.9. The number of carbonyl (C=O) groups is 1. The minimum Gasteiger partial charge on any atom is -0.488 e. The van der Waals surface area contributed by atoms with Crippen molar-refractivity contribution in [2.24, 2.45) is 0 Å². The van der Waals surface area contributed by atoms with Gasteiger partial charge in [-0.25, -0.2) is 0 Å².